The van der Waals surface area contributed by atoms with E-state index in [0.717, 1.165) is 26.2 Å². The monoisotopic (exact) mass is 345 g/mol. The second-order valence-electron chi connectivity index (χ2n) is 5.57. The van der Waals surface area contributed by atoms with Gasteiger partial charge in [-0.1, -0.05) is 34.1 Å². The number of nitrogens with one attached hydrogen (secondary N) is 1. The molecule has 21 heavy (non-hydrogen) atoms. The highest BCUT2D eigenvalue weighted by atomic mass is 79.9. The number of hydrogen-bond donors (Lipinski definition) is 1. The Morgan fingerprint density at radius 2 is 2.29 bits per heavy atom. The van der Waals surface area contributed by atoms with Gasteiger partial charge in [0.1, 0.15) is 0 Å². The molecule has 0 spiro atoms. The lowest BCUT2D eigenvalue weighted by Crippen LogP contribution is -2.45. The van der Waals surface area contributed by atoms with E-state index in [9.17, 15) is 0 Å². The van der Waals surface area contributed by atoms with Crippen LogP contribution in [0.4, 0.5) is 0 Å². The largest absolute Gasteiger partial charge is 0.314 e. The summed E-state index contributed by atoms with van der Waals surface area (Å²) in [6.07, 6.45) is 3.81. The fourth-order valence-electron chi connectivity index (χ4n) is 2.84. The molecular weight excluding hydrogens is 326 g/mol. The van der Waals surface area contributed by atoms with E-state index in [-0.39, 0.29) is 0 Å². The van der Waals surface area contributed by atoms with Crippen LogP contribution in [0.5, 0.6) is 0 Å². The standard InChI is InChI=1S/C17H20BrN3/c1-13-4-5-15(16(18)9-13)12-21-8-7-20-11-17(21)14-3-2-6-19-10-14/h2-6,9-10,17,20H,7-8,11-12H2,1H3. The fourth-order valence-corrected chi connectivity index (χ4v) is 3.46. The van der Waals surface area contributed by atoms with E-state index in [1.807, 2.05) is 18.5 Å². The maximum absolute atomic E-state index is 4.27. The van der Waals surface area contributed by atoms with Crippen LogP contribution in [0.2, 0.25) is 0 Å². The molecule has 0 aliphatic carbocycles. The highest BCUT2D eigenvalue weighted by Gasteiger charge is 2.24. The molecule has 1 aliphatic rings. The summed E-state index contributed by atoms with van der Waals surface area (Å²) in [4.78, 5) is 6.80. The molecule has 110 valence electrons. The van der Waals surface area contributed by atoms with Crippen molar-refractivity contribution in [1.29, 1.82) is 0 Å². The number of benzene rings is 1. The summed E-state index contributed by atoms with van der Waals surface area (Å²) in [5.41, 5.74) is 3.92. The van der Waals surface area contributed by atoms with Crippen LogP contribution in [-0.4, -0.2) is 29.5 Å². The maximum atomic E-state index is 4.27. The second-order valence-corrected chi connectivity index (χ2v) is 6.43. The molecule has 0 bridgehead atoms. The van der Waals surface area contributed by atoms with Crippen LogP contribution < -0.4 is 5.32 Å². The molecule has 1 aliphatic heterocycles. The second kappa shape index (κ2) is 6.69. The van der Waals surface area contributed by atoms with Gasteiger partial charge in [-0.3, -0.25) is 9.88 Å². The smallest absolute Gasteiger partial charge is 0.0492 e. The third-order valence-corrected chi connectivity index (χ3v) is 4.74. The first kappa shape index (κ1) is 14.7. The summed E-state index contributed by atoms with van der Waals surface area (Å²) >= 11 is 3.70. The summed E-state index contributed by atoms with van der Waals surface area (Å²) in [5, 5.41) is 3.49. The van der Waals surface area contributed by atoms with Crippen molar-refractivity contribution in [2.75, 3.05) is 19.6 Å². The summed E-state index contributed by atoms with van der Waals surface area (Å²) in [5.74, 6) is 0. The first-order valence-corrected chi connectivity index (χ1v) is 8.13. The lowest BCUT2D eigenvalue weighted by molar-refractivity contribution is 0.153. The van der Waals surface area contributed by atoms with Crippen LogP contribution in [0.15, 0.2) is 47.2 Å². The average molecular weight is 346 g/mol. The van der Waals surface area contributed by atoms with Crippen LogP contribution in [0.3, 0.4) is 0 Å². The number of aromatic nitrogens is 1. The average Bonchev–Trinajstić information content (AvgIpc) is 2.51. The van der Waals surface area contributed by atoms with Gasteiger partial charge in [-0.05, 0) is 35.7 Å². The molecular formula is C17H20BrN3. The molecule has 3 rings (SSSR count). The van der Waals surface area contributed by atoms with Gasteiger partial charge in [0.25, 0.3) is 0 Å². The Balaban J connectivity index is 1.81. The van der Waals surface area contributed by atoms with E-state index in [2.05, 4.69) is 62.3 Å². The summed E-state index contributed by atoms with van der Waals surface area (Å²) in [6.45, 7) is 6.16. The van der Waals surface area contributed by atoms with Gasteiger partial charge in [-0.15, -0.1) is 0 Å². The predicted octanol–water partition coefficient (Wildman–Crippen LogP) is 3.30. The van der Waals surface area contributed by atoms with Crippen molar-refractivity contribution in [3.8, 4) is 0 Å². The molecule has 4 heteroatoms. The molecule has 1 aromatic carbocycles. The number of nitrogens with zero attached hydrogens (tertiary/aromatic N) is 2. The summed E-state index contributed by atoms with van der Waals surface area (Å²) in [6, 6.07) is 11.2. The zero-order valence-corrected chi connectivity index (χ0v) is 13.8. The zero-order valence-electron chi connectivity index (χ0n) is 12.2. The van der Waals surface area contributed by atoms with Crippen molar-refractivity contribution >= 4 is 15.9 Å². The highest BCUT2D eigenvalue weighted by Crippen LogP contribution is 2.26. The minimum Gasteiger partial charge on any atom is -0.314 e. The highest BCUT2D eigenvalue weighted by molar-refractivity contribution is 9.10. The Hall–Kier alpha value is -1.23. The molecule has 1 saturated heterocycles. The maximum Gasteiger partial charge on any atom is 0.0492 e. The van der Waals surface area contributed by atoms with Crippen molar-refractivity contribution in [2.45, 2.75) is 19.5 Å². The molecule has 1 atom stereocenters. The van der Waals surface area contributed by atoms with Crippen LogP contribution in [0, 0.1) is 6.92 Å². The van der Waals surface area contributed by atoms with Crippen LogP contribution in [0.1, 0.15) is 22.7 Å². The van der Waals surface area contributed by atoms with Gasteiger partial charge in [-0.25, -0.2) is 0 Å². The molecule has 2 aromatic rings. The van der Waals surface area contributed by atoms with Crippen LogP contribution in [-0.2, 0) is 6.54 Å². The van der Waals surface area contributed by atoms with E-state index >= 15 is 0 Å². The fraction of sp³-hybridized carbons (Fsp3) is 0.353. The topological polar surface area (TPSA) is 28.2 Å². The van der Waals surface area contributed by atoms with Crippen molar-refractivity contribution in [2.24, 2.45) is 0 Å². The molecule has 1 N–H and O–H groups in total. The molecule has 0 saturated carbocycles. The predicted molar refractivity (Wildman–Crippen MR) is 89.1 cm³/mol. The van der Waals surface area contributed by atoms with E-state index in [1.165, 1.54) is 21.2 Å². The Morgan fingerprint density at radius 1 is 1.38 bits per heavy atom. The van der Waals surface area contributed by atoms with Crippen molar-refractivity contribution in [3.05, 3.63) is 63.9 Å². The van der Waals surface area contributed by atoms with Crippen molar-refractivity contribution in [1.82, 2.24) is 15.2 Å². The van der Waals surface area contributed by atoms with Crippen LogP contribution >= 0.6 is 15.9 Å². The van der Waals surface area contributed by atoms with E-state index in [0.29, 0.717) is 6.04 Å². The van der Waals surface area contributed by atoms with E-state index in [4.69, 9.17) is 0 Å². The number of piperazine rings is 1. The summed E-state index contributed by atoms with van der Waals surface area (Å²) in [7, 11) is 0. The summed E-state index contributed by atoms with van der Waals surface area (Å²) < 4.78 is 1.20. The normalized spacial score (nSPS) is 19.6. The first-order chi connectivity index (χ1) is 10.2. The molecule has 1 unspecified atom stereocenters. The third-order valence-electron chi connectivity index (χ3n) is 4.01. The Kier molecular flexibility index (Phi) is 4.68. The van der Waals surface area contributed by atoms with Gasteiger partial charge in [0.2, 0.25) is 0 Å². The Morgan fingerprint density at radius 3 is 3.05 bits per heavy atom. The number of rotatable bonds is 3. The van der Waals surface area contributed by atoms with Crippen molar-refractivity contribution < 1.29 is 0 Å². The van der Waals surface area contributed by atoms with Gasteiger partial charge in [0.05, 0.1) is 0 Å². The van der Waals surface area contributed by atoms with Gasteiger partial charge in [-0.2, -0.15) is 0 Å². The SMILES string of the molecule is Cc1ccc(CN2CCNCC2c2cccnc2)c(Br)c1. The number of aryl methyl sites for hydroxylation is 1. The Bertz CT molecular complexity index is 600. The van der Waals surface area contributed by atoms with Gasteiger partial charge >= 0.3 is 0 Å². The lowest BCUT2D eigenvalue weighted by Gasteiger charge is -2.36. The molecule has 2 heterocycles. The van der Waals surface area contributed by atoms with E-state index in [1.54, 1.807) is 0 Å². The molecule has 3 nitrogen and oxygen atoms in total. The minimum absolute atomic E-state index is 0.389. The van der Waals surface area contributed by atoms with Gasteiger partial charge < -0.3 is 5.32 Å². The van der Waals surface area contributed by atoms with Gasteiger partial charge in [0.15, 0.2) is 0 Å². The van der Waals surface area contributed by atoms with Crippen molar-refractivity contribution in [3.63, 3.8) is 0 Å². The Labute approximate surface area is 134 Å². The first-order valence-electron chi connectivity index (χ1n) is 7.34. The van der Waals surface area contributed by atoms with Gasteiger partial charge in [0, 0.05) is 49.1 Å². The third kappa shape index (κ3) is 3.51. The molecule has 0 radical (unpaired) electrons. The quantitative estimate of drug-likeness (QED) is 0.924. The van der Waals surface area contributed by atoms with E-state index < -0.39 is 0 Å². The van der Waals surface area contributed by atoms with Crippen LogP contribution in [0.25, 0.3) is 0 Å². The molecule has 1 fully saturated rings. The number of hydrogen-bond acceptors (Lipinski definition) is 3. The number of pyridine rings is 1. The lowest BCUT2D eigenvalue weighted by atomic mass is 10.0. The number of halogens is 1. The minimum atomic E-state index is 0.389. The zero-order chi connectivity index (χ0) is 14.7. The molecule has 0 amide bonds. The molecule has 1 aromatic heterocycles.